The smallest absolute Gasteiger partial charge is 0.319 e. The van der Waals surface area contributed by atoms with E-state index in [1.54, 1.807) is 4.90 Å². The molecular weight excluding hydrogens is 412 g/mol. The van der Waals surface area contributed by atoms with Crippen molar-refractivity contribution >= 4 is 23.5 Å². The van der Waals surface area contributed by atoms with Crippen LogP contribution in [0.15, 0.2) is 24.3 Å². The maximum atomic E-state index is 12.3. The Labute approximate surface area is 197 Å². The summed E-state index contributed by atoms with van der Waals surface area (Å²) in [4.78, 5) is 25.9. The zero-order valence-corrected chi connectivity index (χ0v) is 20.5. The summed E-state index contributed by atoms with van der Waals surface area (Å²) in [5, 5.41) is 3.59. The fourth-order valence-electron chi connectivity index (χ4n) is 5.21. The highest BCUT2D eigenvalue weighted by molar-refractivity contribution is 5.91. The Bertz CT molecular complexity index is 963. The van der Waals surface area contributed by atoms with Gasteiger partial charge in [-0.25, -0.2) is 9.78 Å². The van der Waals surface area contributed by atoms with Crippen LogP contribution in [0.25, 0.3) is 0 Å². The van der Waals surface area contributed by atoms with Gasteiger partial charge in [0.05, 0.1) is 5.69 Å². The van der Waals surface area contributed by atoms with Crippen molar-refractivity contribution in [2.24, 2.45) is 5.73 Å². The molecule has 1 aromatic heterocycles. The predicted octanol–water partition coefficient (Wildman–Crippen LogP) is 4.85. The summed E-state index contributed by atoms with van der Waals surface area (Å²) >= 11 is 0. The van der Waals surface area contributed by atoms with Gasteiger partial charge in [0.15, 0.2) is 0 Å². The Morgan fingerprint density at radius 1 is 1.03 bits per heavy atom. The van der Waals surface area contributed by atoms with Gasteiger partial charge in [-0.3, -0.25) is 4.90 Å². The molecule has 7 nitrogen and oxygen atoms in total. The van der Waals surface area contributed by atoms with Gasteiger partial charge in [-0.15, -0.1) is 0 Å². The van der Waals surface area contributed by atoms with Gasteiger partial charge in [-0.2, -0.15) is 4.98 Å². The number of hydrogen-bond acceptors (Lipinski definition) is 5. The Morgan fingerprint density at radius 3 is 2.30 bits per heavy atom. The zero-order chi connectivity index (χ0) is 23.5. The van der Waals surface area contributed by atoms with Crippen molar-refractivity contribution in [2.75, 3.05) is 29.2 Å². The fourth-order valence-corrected chi connectivity index (χ4v) is 5.21. The van der Waals surface area contributed by atoms with Crippen molar-refractivity contribution in [3.8, 4) is 0 Å². The van der Waals surface area contributed by atoms with Crippen LogP contribution in [0.3, 0.4) is 0 Å². The number of fused-ring (bicyclic) bond motifs is 1. The number of rotatable bonds is 6. The van der Waals surface area contributed by atoms with E-state index in [0.717, 1.165) is 56.0 Å². The molecule has 0 radical (unpaired) electrons. The number of nitrogens with one attached hydrogen (secondary N) is 1. The molecule has 3 N–H and O–H groups in total. The average molecular weight is 451 g/mol. The van der Waals surface area contributed by atoms with E-state index in [0.29, 0.717) is 12.0 Å². The number of aryl methyl sites for hydroxylation is 1. The molecule has 0 bridgehead atoms. The van der Waals surface area contributed by atoms with Gasteiger partial charge in [-0.1, -0.05) is 26.0 Å². The van der Waals surface area contributed by atoms with Crippen LogP contribution in [0.4, 0.5) is 22.2 Å². The van der Waals surface area contributed by atoms with E-state index < -0.39 is 0 Å². The van der Waals surface area contributed by atoms with Crippen LogP contribution in [0.2, 0.25) is 0 Å². The number of carbonyl (C=O) groups is 1. The zero-order valence-electron chi connectivity index (χ0n) is 20.5. The number of urea groups is 1. The Hall–Kier alpha value is -2.83. The number of aromatic nitrogens is 2. The lowest BCUT2D eigenvalue weighted by Gasteiger charge is -2.36. The fraction of sp³-hybridized carbons (Fsp3) is 0.577. The first-order valence-electron chi connectivity index (χ1n) is 12.4. The molecule has 2 aromatic rings. The molecule has 1 saturated carbocycles. The molecule has 33 heavy (non-hydrogen) atoms. The number of nitrogens with zero attached hydrogens (tertiary/aromatic N) is 4. The molecule has 0 unspecified atom stereocenters. The van der Waals surface area contributed by atoms with Crippen molar-refractivity contribution in [3.05, 3.63) is 41.1 Å². The average Bonchev–Trinajstić information content (AvgIpc) is 2.80. The van der Waals surface area contributed by atoms with E-state index in [2.05, 4.69) is 50.3 Å². The number of carbonyl (C=O) groups excluding carboxylic acids is 1. The molecule has 7 heteroatoms. The van der Waals surface area contributed by atoms with Gasteiger partial charge < -0.3 is 16.0 Å². The van der Waals surface area contributed by atoms with Gasteiger partial charge in [-0.05, 0) is 75.0 Å². The molecule has 0 saturated heterocycles. The summed E-state index contributed by atoms with van der Waals surface area (Å²) in [6, 6.07) is 8.28. The van der Waals surface area contributed by atoms with E-state index in [1.165, 1.54) is 29.7 Å². The number of nitrogens with two attached hydrogens (primary N) is 1. The van der Waals surface area contributed by atoms with E-state index in [1.807, 2.05) is 12.1 Å². The third-order valence-corrected chi connectivity index (χ3v) is 7.06. The van der Waals surface area contributed by atoms with Crippen LogP contribution in [-0.2, 0) is 12.8 Å². The van der Waals surface area contributed by atoms with Gasteiger partial charge in [0.1, 0.15) is 5.82 Å². The Kier molecular flexibility index (Phi) is 7.05. The van der Waals surface area contributed by atoms with Crippen molar-refractivity contribution in [1.29, 1.82) is 0 Å². The second-order valence-corrected chi connectivity index (χ2v) is 10.0. The van der Waals surface area contributed by atoms with Crippen molar-refractivity contribution in [2.45, 2.75) is 83.2 Å². The second-order valence-electron chi connectivity index (χ2n) is 10.0. The molecule has 178 valence electrons. The van der Waals surface area contributed by atoms with Crippen molar-refractivity contribution in [3.63, 3.8) is 0 Å². The highest BCUT2D eigenvalue weighted by atomic mass is 16.2. The van der Waals surface area contributed by atoms with Crippen LogP contribution in [-0.4, -0.2) is 42.2 Å². The number of amides is 2. The van der Waals surface area contributed by atoms with Gasteiger partial charge in [0, 0.05) is 37.4 Å². The second kappa shape index (κ2) is 9.98. The van der Waals surface area contributed by atoms with Crippen molar-refractivity contribution in [1.82, 2.24) is 9.97 Å². The third kappa shape index (κ3) is 5.23. The lowest BCUT2D eigenvalue weighted by molar-refractivity contribution is 0.248. The van der Waals surface area contributed by atoms with E-state index in [9.17, 15) is 4.79 Å². The summed E-state index contributed by atoms with van der Waals surface area (Å²) in [5.74, 6) is 2.24. The highest BCUT2D eigenvalue weighted by Gasteiger charge is 2.30. The molecule has 0 aliphatic heterocycles. The molecule has 2 amide bonds. The van der Waals surface area contributed by atoms with Crippen LogP contribution in [0, 0.1) is 0 Å². The van der Waals surface area contributed by atoms with Gasteiger partial charge in [0.2, 0.25) is 5.95 Å². The van der Waals surface area contributed by atoms with Crippen molar-refractivity contribution < 1.29 is 4.79 Å². The predicted molar refractivity (Wildman–Crippen MR) is 135 cm³/mol. The van der Waals surface area contributed by atoms with Gasteiger partial charge in [0.25, 0.3) is 0 Å². The maximum absolute atomic E-state index is 12.3. The van der Waals surface area contributed by atoms with Crippen LogP contribution in [0.5, 0.6) is 0 Å². The standard InChI is InChI=1S/C26H38N6O/c1-17(2)18-9-13-20(14-10-18)32(25(27)33)21-15-11-19(12-16-21)28-26-29-23-8-6-5-7-22(23)24(30-26)31(3)4/h9-10,13-14,17,19,21H,5-8,11-12,15-16H2,1-4H3,(H2,27,33)(H,28,29,30). The Balaban J connectivity index is 1.43. The molecule has 1 fully saturated rings. The summed E-state index contributed by atoms with van der Waals surface area (Å²) in [5.41, 5.74) is 10.5. The normalized spacial score (nSPS) is 20.3. The van der Waals surface area contributed by atoms with E-state index >= 15 is 0 Å². The third-order valence-electron chi connectivity index (χ3n) is 7.06. The van der Waals surface area contributed by atoms with Gasteiger partial charge >= 0.3 is 6.03 Å². The topological polar surface area (TPSA) is 87.4 Å². The quantitative estimate of drug-likeness (QED) is 0.657. The lowest BCUT2D eigenvalue weighted by Crippen LogP contribution is -2.46. The minimum Gasteiger partial charge on any atom is -0.362 e. The summed E-state index contributed by atoms with van der Waals surface area (Å²) in [7, 11) is 4.11. The van der Waals surface area contributed by atoms with E-state index in [4.69, 9.17) is 15.7 Å². The van der Waals surface area contributed by atoms with Crippen LogP contribution < -0.4 is 20.9 Å². The first-order chi connectivity index (χ1) is 15.8. The number of benzene rings is 1. The molecule has 2 aliphatic carbocycles. The molecule has 1 aromatic carbocycles. The first kappa shape index (κ1) is 23.3. The number of anilines is 3. The molecule has 4 rings (SSSR count). The maximum Gasteiger partial charge on any atom is 0.319 e. The molecular formula is C26H38N6O. The van der Waals surface area contributed by atoms with Crippen LogP contribution >= 0.6 is 0 Å². The minimum atomic E-state index is -0.377. The molecule has 2 aliphatic rings. The Morgan fingerprint density at radius 2 is 1.70 bits per heavy atom. The number of primary amides is 1. The largest absolute Gasteiger partial charge is 0.362 e. The summed E-state index contributed by atoms with van der Waals surface area (Å²) < 4.78 is 0. The molecule has 1 heterocycles. The molecule has 0 spiro atoms. The molecule has 0 atom stereocenters. The monoisotopic (exact) mass is 450 g/mol. The first-order valence-corrected chi connectivity index (χ1v) is 12.4. The number of hydrogen-bond donors (Lipinski definition) is 2. The highest BCUT2D eigenvalue weighted by Crippen LogP contribution is 2.32. The lowest BCUT2D eigenvalue weighted by atomic mass is 9.90. The summed E-state index contributed by atoms with van der Waals surface area (Å²) in [6.45, 7) is 4.34. The van der Waals surface area contributed by atoms with Crippen LogP contribution in [0.1, 0.15) is 75.1 Å². The van der Waals surface area contributed by atoms with E-state index in [-0.39, 0.29) is 12.1 Å². The SMILES string of the molecule is CC(C)c1ccc(N(C(N)=O)C2CCC(Nc3nc4c(c(N(C)C)n3)CCCC4)CC2)cc1. The summed E-state index contributed by atoms with van der Waals surface area (Å²) in [6.07, 6.45) is 8.22. The minimum absolute atomic E-state index is 0.118.